The minimum Gasteiger partial charge on any atom is -0.493 e. The zero-order valence-electron chi connectivity index (χ0n) is 18.3. The van der Waals surface area contributed by atoms with Crippen molar-refractivity contribution in [2.24, 2.45) is 0 Å². The van der Waals surface area contributed by atoms with Crippen LogP contribution in [-0.4, -0.2) is 28.3 Å². The number of thiocarbonyl (C=S) groups is 1. The lowest BCUT2D eigenvalue weighted by atomic mass is 10.2. The van der Waals surface area contributed by atoms with Crippen LogP contribution in [0, 0.1) is 0 Å². The molecule has 1 aliphatic rings. The van der Waals surface area contributed by atoms with Gasteiger partial charge in [-0.3, -0.25) is 15.0 Å². The van der Waals surface area contributed by atoms with Gasteiger partial charge in [0.2, 0.25) is 0 Å². The Morgan fingerprint density at radius 1 is 1.09 bits per heavy atom. The first-order valence-electron chi connectivity index (χ1n) is 10.2. The highest BCUT2D eigenvalue weighted by Crippen LogP contribution is 2.34. The average molecular weight is 545 g/mol. The number of halogens is 2. The van der Waals surface area contributed by atoms with Gasteiger partial charge < -0.3 is 9.47 Å². The molecule has 0 bridgehead atoms. The maximum atomic E-state index is 12.9. The molecule has 10 heteroatoms. The monoisotopic (exact) mass is 544 g/mol. The first kappa shape index (κ1) is 25.1. The number of thioether (sulfide) groups is 1. The van der Waals surface area contributed by atoms with Crippen LogP contribution >= 0.6 is 47.2 Å². The second-order valence-electron chi connectivity index (χ2n) is 7.26. The van der Waals surface area contributed by atoms with Crippen LogP contribution in [0.4, 0.5) is 0 Å². The van der Waals surface area contributed by atoms with Crippen molar-refractivity contribution in [1.29, 1.82) is 0 Å². The van der Waals surface area contributed by atoms with Crippen molar-refractivity contribution in [2.45, 2.75) is 6.61 Å². The summed E-state index contributed by atoms with van der Waals surface area (Å²) < 4.78 is 11.6. The van der Waals surface area contributed by atoms with E-state index in [9.17, 15) is 9.59 Å². The molecule has 35 heavy (non-hydrogen) atoms. The van der Waals surface area contributed by atoms with Crippen LogP contribution in [0.5, 0.6) is 11.5 Å². The molecule has 0 unspecified atom stereocenters. The van der Waals surface area contributed by atoms with Crippen LogP contribution in [0.2, 0.25) is 10.0 Å². The molecule has 1 fully saturated rings. The van der Waals surface area contributed by atoms with E-state index in [4.69, 9.17) is 44.9 Å². The molecular formula is C25H18Cl2N2O4S2. The van der Waals surface area contributed by atoms with Gasteiger partial charge in [0.15, 0.2) is 15.8 Å². The summed E-state index contributed by atoms with van der Waals surface area (Å²) in [4.78, 5) is 25.8. The molecule has 0 aliphatic carbocycles. The van der Waals surface area contributed by atoms with E-state index in [1.54, 1.807) is 60.7 Å². The number of rotatable bonds is 7. The van der Waals surface area contributed by atoms with Gasteiger partial charge in [-0.2, -0.15) is 5.01 Å². The molecule has 2 amide bonds. The topological polar surface area (TPSA) is 67.9 Å². The number of amides is 2. The van der Waals surface area contributed by atoms with E-state index in [2.05, 4.69) is 5.43 Å². The first-order chi connectivity index (χ1) is 16.9. The molecule has 0 aromatic heterocycles. The minimum atomic E-state index is -0.531. The van der Waals surface area contributed by atoms with Gasteiger partial charge in [0.1, 0.15) is 6.61 Å². The summed E-state index contributed by atoms with van der Waals surface area (Å²) in [5.74, 6) is 0.0915. The molecule has 1 heterocycles. The molecule has 1 N–H and O–H groups in total. The first-order valence-corrected chi connectivity index (χ1v) is 12.2. The van der Waals surface area contributed by atoms with E-state index in [0.717, 1.165) is 22.3 Å². The van der Waals surface area contributed by atoms with Crippen molar-refractivity contribution in [1.82, 2.24) is 10.4 Å². The van der Waals surface area contributed by atoms with Crippen LogP contribution in [0.3, 0.4) is 0 Å². The Morgan fingerprint density at radius 3 is 2.54 bits per heavy atom. The number of hydrogen-bond acceptors (Lipinski definition) is 6. The fourth-order valence-electron chi connectivity index (χ4n) is 3.16. The van der Waals surface area contributed by atoms with Gasteiger partial charge in [-0.1, -0.05) is 65.3 Å². The SMILES string of the molecule is COc1cc(/C=C2\SC(=S)N(NC(=O)c3ccccc3Cl)C2=O)ccc1OCc1ccc(Cl)cc1. The highest BCUT2D eigenvalue weighted by Gasteiger charge is 2.34. The van der Waals surface area contributed by atoms with Crippen molar-refractivity contribution in [3.05, 3.63) is 98.4 Å². The number of methoxy groups -OCH3 is 1. The Balaban J connectivity index is 1.47. The Bertz CT molecular complexity index is 1330. The fraction of sp³-hybridized carbons (Fsp3) is 0.0800. The molecule has 4 rings (SSSR count). The lowest BCUT2D eigenvalue weighted by molar-refractivity contribution is -0.123. The molecular weight excluding hydrogens is 527 g/mol. The van der Waals surface area contributed by atoms with E-state index >= 15 is 0 Å². The van der Waals surface area contributed by atoms with Gasteiger partial charge >= 0.3 is 0 Å². The summed E-state index contributed by atoms with van der Waals surface area (Å²) in [7, 11) is 1.54. The molecule has 0 atom stereocenters. The predicted molar refractivity (Wildman–Crippen MR) is 143 cm³/mol. The van der Waals surface area contributed by atoms with Crippen molar-refractivity contribution in [2.75, 3.05) is 7.11 Å². The van der Waals surface area contributed by atoms with Gasteiger partial charge in [-0.25, -0.2) is 0 Å². The van der Waals surface area contributed by atoms with Crippen LogP contribution in [0.1, 0.15) is 21.5 Å². The maximum Gasteiger partial charge on any atom is 0.285 e. The largest absolute Gasteiger partial charge is 0.493 e. The molecule has 1 aliphatic heterocycles. The number of nitrogens with zero attached hydrogens (tertiary/aromatic N) is 1. The van der Waals surface area contributed by atoms with Crippen LogP contribution < -0.4 is 14.9 Å². The standard InChI is InChI=1S/C25H18Cl2N2O4S2/c1-32-21-12-16(8-11-20(21)33-14-15-6-9-17(26)10-7-15)13-22-24(31)29(25(34)35-22)28-23(30)18-4-2-3-5-19(18)27/h2-13H,14H2,1H3,(H,28,30)/b22-13-. The van der Waals surface area contributed by atoms with Crippen molar-refractivity contribution in [3.63, 3.8) is 0 Å². The summed E-state index contributed by atoms with van der Waals surface area (Å²) in [5.41, 5.74) is 4.43. The van der Waals surface area contributed by atoms with Gasteiger partial charge in [0, 0.05) is 5.02 Å². The van der Waals surface area contributed by atoms with Gasteiger partial charge in [-0.15, -0.1) is 0 Å². The molecule has 0 saturated carbocycles. The Labute approximate surface area is 221 Å². The second kappa shape index (κ2) is 11.1. The van der Waals surface area contributed by atoms with E-state index in [0.29, 0.717) is 33.6 Å². The molecule has 6 nitrogen and oxygen atoms in total. The van der Waals surface area contributed by atoms with Crippen molar-refractivity contribution in [3.8, 4) is 11.5 Å². The Kier molecular flexibility index (Phi) is 7.97. The number of benzene rings is 3. The third kappa shape index (κ3) is 5.97. The van der Waals surface area contributed by atoms with Gasteiger partial charge in [0.25, 0.3) is 11.8 Å². The zero-order chi connectivity index (χ0) is 24.9. The molecule has 0 radical (unpaired) electrons. The lowest BCUT2D eigenvalue weighted by Crippen LogP contribution is -2.44. The van der Waals surface area contributed by atoms with E-state index in [1.807, 2.05) is 12.1 Å². The Hall–Kier alpha value is -3.04. The minimum absolute atomic E-state index is 0.205. The number of carbonyl (C=O) groups excluding carboxylic acids is 2. The zero-order valence-corrected chi connectivity index (χ0v) is 21.4. The smallest absolute Gasteiger partial charge is 0.285 e. The number of hydrogen-bond donors (Lipinski definition) is 1. The van der Waals surface area contributed by atoms with Crippen molar-refractivity contribution >= 4 is 69.4 Å². The van der Waals surface area contributed by atoms with Gasteiger partial charge in [-0.05, 0) is 65.8 Å². The molecule has 178 valence electrons. The normalized spacial score (nSPS) is 14.4. The highest BCUT2D eigenvalue weighted by molar-refractivity contribution is 8.26. The van der Waals surface area contributed by atoms with Crippen LogP contribution in [0.25, 0.3) is 6.08 Å². The van der Waals surface area contributed by atoms with E-state index in [-0.39, 0.29) is 14.9 Å². The number of hydrazine groups is 1. The quantitative estimate of drug-likeness (QED) is 0.285. The summed E-state index contributed by atoms with van der Waals surface area (Å²) in [6, 6.07) is 19.2. The van der Waals surface area contributed by atoms with Crippen LogP contribution in [0.15, 0.2) is 71.6 Å². The lowest BCUT2D eigenvalue weighted by Gasteiger charge is -2.16. The number of carbonyl (C=O) groups is 2. The second-order valence-corrected chi connectivity index (χ2v) is 9.78. The van der Waals surface area contributed by atoms with Crippen LogP contribution in [-0.2, 0) is 11.4 Å². The Morgan fingerprint density at radius 2 is 1.83 bits per heavy atom. The summed E-state index contributed by atoms with van der Waals surface area (Å²) in [6.07, 6.45) is 1.67. The molecule has 1 saturated heterocycles. The average Bonchev–Trinajstić information content (AvgIpc) is 3.11. The van der Waals surface area contributed by atoms with Gasteiger partial charge in [0.05, 0.1) is 22.6 Å². The third-order valence-corrected chi connectivity index (χ3v) is 6.80. The maximum absolute atomic E-state index is 12.9. The van der Waals surface area contributed by atoms with E-state index < -0.39 is 11.8 Å². The summed E-state index contributed by atoms with van der Waals surface area (Å²) in [6.45, 7) is 0.344. The van der Waals surface area contributed by atoms with Crippen molar-refractivity contribution < 1.29 is 19.1 Å². The molecule has 0 spiro atoms. The highest BCUT2D eigenvalue weighted by atomic mass is 35.5. The predicted octanol–water partition coefficient (Wildman–Crippen LogP) is 6.13. The van der Waals surface area contributed by atoms with E-state index in [1.165, 1.54) is 7.11 Å². The summed E-state index contributed by atoms with van der Waals surface area (Å²) >= 11 is 18.4. The summed E-state index contributed by atoms with van der Waals surface area (Å²) in [5, 5.41) is 1.97. The third-order valence-electron chi connectivity index (χ3n) is 4.92. The fourth-order valence-corrected chi connectivity index (χ4v) is 4.68. The molecule has 3 aromatic carbocycles. The molecule has 3 aromatic rings. The number of ether oxygens (including phenoxy) is 2. The number of nitrogens with one attached hydrogen (secondary N) is 1.